The van der Waals surface area contributed by atoms with E-state index in [1.54, 1.807) is 0 Å². The molecular weight excluding hydrogens is 200 g/mol. The van der Waals surface area contributed by atoms with Crippen molar-refractivity contribution in [3.8, 4) is 0 Å². The summed E-state index contributed by atoms with van der Waals surface area (Å²) in [7, 11) is 0. The van der Waals surface area contributed by atoms with Crippen molar-refractivity contribution in [1.82, 2.24) is 4.90 Å². The number of nitrogens with two attached hydrogens (primary N) is 1. The molecule has 1 heterocycles. The van der Waals surface area contributed by atoms with E-state index in [-0.39, 0.29) is 0 Å². The third-order valence-electron chi connectivity index (χ3n) is 3.45. The van der Waals surface area contributed by atoms with Gasteiger partial charge in [0.2, 0.25) is 0 Å². The van der Waals surface area contributed by atoms with Crippen LogP contribution < -0.4 is 5.73 Å². The topological polar surface area (TPSA) is 38.5 Å². The van der Waals surface area contributed by atoms with Gasteiger partial charge in [-0.05, 0) is 13.3 Å². The number of morpholine rings is 1. The van der Waals surface area contributed by atoms with Gasteiger partial charge >= 0.3 is 0 Å². The Labute approximate surface area is 100 Å². The van der Waals surface area contributed by atoms with Gasteiger partial charge in [-0.1, -0.05) is 32.6 Å². The number of unbranched alkanes of at least 4 members (excludes halogenated alkanes) is 3. The molecule has 1 fully saturated rings. The number of hydrogen-bond donors (Lipinski definition) is 1. The molecule has 1 saturated heterocycles. The fourth-order valence-corrected chi connectivity index (χ4v) is 2.43. The first-order chi connectivity index (χ1) is 7.77. The lowest BCUT2D eigenvalue weighted by molar-refractivity contribution is -0.0341. The highest BCUT2D eigenvalue weighted by Crippen LogP contribution is 2.14. The lowest BCUT2D eigenvalue weighted by atomic mass is 10.1. The Morgan fingerprint density at radius 1 is 1.38 bits per heavy atom. The molecule has 1 aliphatic heterocycles. The van der Waals surface area contributed by atoms with Crippen molar-refractivity contribution in [3.63, 3.8) is 0 Å². The fraction of sp³-hybridized carbons (Fsp3) is 1.00. The van der Waals surface area contributed by atoms with Crippen LogP contribution in [0.4, 0.5) is 0 Å². The SMILES string of the molecule is CCCCCCC(CN)N1CCOC(C)C1. The number of nitrogens with zero attached hydrogens (tertiary/aromatic N) is 1. The fourth-order valence-electron chi connectivity index (χ4n) is 2.43. The van der Waals surface area contributed by atoms with Gasteiger partial charge in [-0.3, -0.25) is 4.90 Å². The highest BCUT2D eigenvalue weighted by Gasteiger charge is 2.22. The zero-order valence-electron chi connectivity index (χ0n) is 11.0. The van der Waals surface area contributed by atoms with Crippen LogP contribution in [0, 0.1) is 0 Å². The van der Waals surface area contributed by atoms with Gasteiger partial charge in [0.15, 0.2) is 0 Å². The van der Waals surface area contributed by atoms with Crippen molar-refractivity contribution in [1.29, 1.82) is 0 Å². The van der Waals surface area contributed by atoms with E-state index in [9.17, 15) is 0 Å². The summed E-state index contributed by atoms with van der Waals surface area (Å²) in [5.74, 6) is 0. The molecule has 2 N–H and O–H groups in total. The summed E-state index contributed by atoms with van der Waals surface area (Å²) in [5, 5.41) is 0. The summed E-state index contributed by atoms with van der Waals surface area (Å²) >= 11 is 0. The quantitative estimate of drug-likeness (QED) is 0.677. The van der Waals surface area contributed by atoms with Crippen LogP contribution in [0.2, 0.25) is 0 Å². The Bertz CT molecular complexity index is 175. The van der Waals surface area contributed by atoms with Crippen LogP contribution in [-0.4, -0.2) is 43.3 Å². The largest absolute Gasteiger partial charge is 0.376 e. The van der Waals surface area contributed by atoms with E-state index < -0.39 is 0 Å². The van der Waals surface area contributed by atoms with Gasteiger partial charge in [-0.2, -0.15) is 0 Å². The third kappa shape index (κ3) is 4.81. The van der Waals surface area contributed by atoms with Gasteiger partial charge in [0.05, 0.1) is 12.7 Å². The number of rotatable bonds is 7. The van der Waals surface area contributed by atoms with Gasteiger partial charge in [-0.25, -0.2) is 0 Å². The van der Waals surface area contributed by atoms with Crippen LogP contribution in [0.25, 0.3) is 0 Å². The van der Waals surface area contributed by atoms with E-state index in [0.717, 1.165) is 26.2 Å². The van der Waals surface area contributed by atoms with Crippen molar-refractivity contribution in [3.05, 3.63) is 0 Å². The van der Waals surface area contributed by atoms with E-state index in [1.165, 1.54) is 32.1 Å². The van der Waals surface area contributed by atoms with Crippen LogP contribution in [0.15, 0.2) is 0 Å². The van der Waals surface area contributed by atoms with Crippen molar-refractivity contribution in [2.75, 3.05) is 26.2 Å². The lowest BCUT2D eigenvalue weighted by Gasteiger charge is -2.36. The molecule has 3 nitrogen and oxygen atoms in total. The second-order valence-corrected chi connectivity index (χ2v) is 4.92. The third-order valence-corrected chi connectivity index (χ3v) is 3.45. The lowest BCUT2D eigenvalue weighted by Crippen LogP contribution is -2.49. The molecule has 1 aliphatic rings. The van der Waals surface area contributed by atoms with Gasteiger partial charge in [0.1, 0.15) is 0 Å². The van der Waals surface area contributed by atoms with Crippen LogP contribution in [0.1, 0.15) is 46.0 Å². The maximum atomic E-state index is 5.88. The molecule has 0 spiro atoms. The predicted molar refractivity (Wildman–Crippen MR) is 68.6 cm³/mol. The molecule has 0 aliphatic carbocycles. The summed E-state index contributed by atoms with van der Waals surface area (Å²) in [6.07, 6.45) is 6.97. The normalized spacial score (nSPS) is 24.6. The molecule has 0 aromatic carbocycles. The summed E-state index contributed by atoms with van der Waals surface area (Å²) < 4.78 is 5.56. The summed E-state index contributed by atoms with van der Waals surface area (Å²) in [6, 6.07) is 0.572. The maximum absolute atomic E-state index is 5.88. The molecule has 2 atom stereocenters. The second kappa shape index (κ2) is 8.04. The average Bonchev–Trinajstić information content (AvgIpc) is 2.29. The monoisotopic (exact) mass is 228 g/mol. The van der Waals surface area contributed by atoms with Gasteiger partial charge < -0.3 is 10.5 Å². The molecule has 16 heavy (non-hydrogen) atoms. The molecule has 1 rings (SSSR count). The van der Waals surface area contributed by atoms with Crippen molar-refractivity contribution < 1.29 is 4.74 Å². The average molecular weight is 228 g/mol. The molecule has 0 amide bonds. The van der Waals surface area contributed by atoms with Crippen LogP contribution in [0.5, 0.6) is 0 Å². The number of hydrogen-bond acceptors (Lipinski definition) is 3. The summed E-state index contributed by atoms with van der Waals surface area (Å²) in [4.78, 5) is 2.51. The molecule has 0 radical (unpaired) electrons. The Morgan fingerprint density at radius 2 is 2.19 bits per heavy atom. The maximum Gasteiger partial charge on any atom is 0.0674 e. The Hall–Kier alpha value is -0.120. The Kier molecular flexibility index (Phi) is 7.01. The van der Waals surface area contributed by atoms with E-state index in [4.69, 9.17) is 10.5 Å². The van der Waals surface area contributed by atoms with Crippen molar-refractivity contribution in [2.45, 2.75) is 58.1 Å². The van der Waals surface area contributed by atoms with E-state index >= 15 is 0 Å². The highest BCUT2D eigenvalue weighted by molar-refractivity contribution is 4.77. The Balaban J connectivity index is 2.23. The van der Waals surface area contributed by atoms with Gasteiger partial charge in [-0.15, -0.1) is 0 Å². The second-order valence-electron chi connectivity index (χ2n) is 4.92. The summed E-state index contributed by atoms with van der Waals surface area (Å²) in [6.45, 7) is 8.17. The first-order valence-corrected chi connectivity index (χ1v) is 6.83. The highest BCUT2D eigenvalue weighted by atomic mass is 16.5. The van der Waals surface area contributed by atoms with Crippen LogP contribution in [-0.2, 0) is 4.74 Å². The molecule has 0 bridgehead atoms. The molecule has 0 aromatic heterocycles. The molecule has 3 heteroatoms. The van der Waals surface area contributed by atoms with Crippen LogP contribution >= 0.6 is 0 Å². The van der Waals surface area contributed by atoms with Crippen molar-refractivity contribution >= 4 is 0 Å². The van der Waals surface area contributed by atoms with Crippen LogP contribution in [0.3, 0.4) is 0 Å². The predicted octanol–water partition coefficient (Wildman–Crippen LogP) is 2.00. The smallest absolute Gasteiger partial charge is 0.0674 e. The molecule has 96 valence electrons. The number of ether oxygens (including phenoxy) is 1. The molecule has 2 unspecified atom stereocenters. The Morgan fingerprint density at radius 3 is 2.81 bits per heavy atom. The van der Waals surface area contributed by atoms with Gasteiger partial charge in [0.25, 0.3) is 0 Å². The van der Waals surface area contributed by atoms with E-state index in [1.807, 2.05) is 0 Å². The first-order valence-electron chi connectivity index (χ1n) is 6.83. The minimum atomic E-state index is 0.374. The van der Waals surface area contributed by atoms with E-state index in [0.29, 0.717) is 12.1 Å². The minimum absolute atomic E-state index is 0.374. The van der Waals surface area contributed by atoms with Gasteiger partial charge in [0, 0.05) is 25.7 Å². The first kappa shape index (κ1) is 13.9. The zero-order valence-corrected chi connectivity index (χ0v) is 11.0. The standard InChI is InChI=1S/C13H28N2O/c1-3-4-5-6-7-13(10-14)15-8-9-16-12(2)11-15/h12-13H,3-11,14H2,1-2H3. The zero-order chi connectivity index (χ0) is 11.8. The van der Waals surface area contributed by atoms with Crippen molar-refractivity contribution in [2.24, 2.45) is 5.73 Å². The molecule has 0 saturated carbocycles. The van der Waals surface area contributed by atoms with E-state index in [2.05, 4.69) is 18.7 Å². The minimum Gasteiger partial charge on any atom is -0.376 e. The molecule has 0 aromatic rings. The summed E-state index contributed by atoms with van der Waals surface area (Å²) in [5.41, 5.74) is 5.88. The molecular formula is C13H28N2O.